The Labute approximate surface area is 160 Å². The van der Waals surface area contributed by atoms with Crippen LogP contribution in [0, 0.1) is 0 Å². The second kappa shape index (κ2) is 8.23. The number of amides is 1. The number of halogens is 1. The van der Waals surface area contributed by atoms with Crippen LogP contribution >= 0.6 is 15.9 Å². The molecule has 6 nitrogen and oxygen atoms in total. The van der Waals surface area contributed by atoms with Crippen molar-refractivity contribution in [3.05, 3.63) is 58.3 Å². The lowest BCUT2D eigenvalue weighted by atomic mass is 10.1. The molecule has 0 radical (unpaired) electrons. The smallest absolute Gasteiger partial charge is 0.359 e. The Morgan fingerprint density at radius 3 is 2.77 bits per heavy atom. The second-order valence-corrected chi connectivity index (χ2v) is 6.88. The summed E-state index contributed by atoms with van der Waals surface area (Å²) in [4.78, 5) is 27.9. The highest BCUT2D eigenvalue weighted by Crippen LogP contribution is 2.16. The van der Waals surface area contributed by atoms with Gasteiger partial charge in [-0.15, -0.1) is 0 Å². The number of hydrogen-bond acceptors (Lipinski definition) is 5. The summed E-state index contributed by atoms with van der Waals surface area (Å²) in [6, 6.07) is 11.7. The first-order chi connectivity index (χ1) is 12.5. The molecule has 0 bridgehead atoms. The maximum Gasteiger partial charge on any atom is 0.359 e. The van der Waals surface area contributed by atoms with E-state index in [0.29, 0.717) is 12.2 Å². The van der Waals surface area contributed by atoms with E-state index in [9.17, 15) is 9.59 Å². The van der Waals surface area contributed by atoms with Crippen molar-refractivity contribution >= 4 is 33.5 Å². The summed E-state index contributed by atoms with van der Waals surface area (Å²) in [6.07, 6.45) is 3.76. The third-order valence-electron chi connectivity index (χ3n) is 4.01. The zero-order valence-corrected chi connectivity index (χ0v) is 15.9. The zero-order chi connectivity index (χ0) is 18.5. The zero-order valence-electron chi connectivity index (χ0n) is 14.3. The number of aromatic nitrogens is 1. The Balaban J connectivity index is 1.57. The standard InChI is InChI=1S/C19H18BrN3O3/c1-23-18(24)10-9-17(22-23)19(25)26-16-8-7-15(21-12-16)6-5-13-3-2-4-14(20)11-13/h2-4,7-8,11-12H,5-6,9-10H2,1H3. The monoisotopic (exact) mass is 415 g/mol. The van der Waals surface area contributed by atoms with Crippen LogP contribution in [0.5, 0.6) is 5.75 Å². The molecule has 1 aliphatic heterocycles. The molecule has 2 aromatic rings. The Kier molecular flexibility index (Phi) is 5.78. The molecule has 26 heavy (non-hydrogen) atoms. The van der Waals surface area contributed by atoms with Crippen LogP contribution in [0.25, 0.3) is 0 Å². The summed E-state index contributed by atoms with van der Waals surface area (Å²) in [6.45, 7) is 0. The average Bonchev–Trinajstić information content (AvgIpc) is 2.63. The first kappa shape index (κ1) is 18.3. The predicted molar refractivity (Wildman–Crippen MR) is 101 cm³/mol. The van der Waals surface area contributed by atoms with Crippen LogP contribution in [0.1, 0.15) is 24.1 Å². The minimum absolute atomic E-state index is 0.113. The van der Waals surface area contributed by atoms with Gasteiger partial charge in [-0.2, -0.15) is 5.10 Å². The number of nitrogens with zero attached hydrogens (tertiary/aromatic N) is 3. The van der Waals surface area contributed by atoms with Crippen molar-refractivity contribution in [2.45, 2.75) is 25.7 Å². The molecule has 1 aliphatic rings. The molecule has 3 rings (SSSR count). The van der Waals surface area contributed by atoms with Gasteiger partial charge in [0, 0.05) is 30.1 Å². The second-order valence-electron chi connectivity index (χ2n) is 5.97. The highest BCUT2D eigenvalue weighted by atomic mass is 79.9. The van der Waals surface area contributed by atoms with Gasteiger partial charge in [0.25, 0.3) is 0 Å². The number of ether oxygens (including phenoxy) is 1. The Morgan fingerprint density at radius 2 is 2.08 bits per heavy atom. The maximum absolute atomic E-state index is 12.1. The lowest BCUT2D eigenvalue weighted by molar-refractivity contribution is -0.131. The van der Waals surface area contributed by atoms with E-state index in [1.165, 1.54) is 23.8 Å². The van der Waals surface area contributed by atoms with Gasteiger partial charge in [0.1, 0.15) is 11.5 Å². The van der Waals surface area contributed by atoms with Crippen molar-refractivity contribution < 1.29 is 14.3 Å². The quantitative estimate of drug-likeness (QED) is 0.703. The summed E-state index contributed by atoms with van der Waals surface area (Å²) in [5, 5.41) is 5.12. The molecule has 0 aliphatic carbocycles. The topological polar surface area (TPSA) is 71.9 Å². The fraction of sp³-hybridized carbons (Fsp3) is 0.263. The van der Waals surface area contributed by atoms with Gasteiger partial charge in [0.05, 0.1) is 6.20 Å². The Bertz CT molecular complexity index is 849. The fourth-order valence-electron chi connectivity index (χ4n) is 2.57. The van der Waals surface area contributed by atoms with E-state index < -0.39 is 5.97 Å². The van der Waals surface area contributed by atoms with E-state index in [4.69, 9.17) is 4.74 Å². The van der Waals surface area contributed by atoms with Crippen molar-refractivity contribution in [1.29, 1.82) is 0 Å². The molecule has 1 aromatic carbocycles. The number of pyridine rings is 1. The van der Waals surface area contributed by atoms with Crippen LogP contribution in [0.3, 0.4) is 0 Å². The Morgan fingerprint density at radius 1 is 1.23 bits per heavy atom. The predicted octanol–water partition coefficient (Wildman–Crippen LogP) is 3.14. The van der Waals surface area contributed by atoms with Crippen molar-refractivity contribution in [2.75, 3.05) is 7.05 Å². The number of hydrogen-bond donors (Lipinski definition) is 0. The molecular weight excluding hydrogens is 398 g/mol. The molecule has 0 atom stereocenters. The maximum atomic E-state index is 12.1. The lowest BCUT2D eigenvalue weighted by Crippen LogP contribution is -2.33. The van der Waals surface area contributed by atoms with E-state index >= 15 is 0 Å². The molecule has 0 N–H and O–H groups in total. The van der Waals surface area contributed by atoms with Gasteiger partial charge in [0.15, 0.2) is 0 Å². The summed E-state index contributed by atoms with van der Waals surface area (Å²) in [7, 11) is 1.52. The van der Waals surface area contributed by atoms with Crippen molar-refractivity contribution in [3.63, 3.8) is 0 Å². The van der Waals surface area contributed by atoms with Gasteiger partial charge in [-0.05, 0) is 42.7 Å². The van der Waals surface area contributed by atoms with E-state index in [0.717, 1.165) is 23.0 Å². The summed E-state index contributed by atoms with van der Waals surface area (Å²) in [5.41, 5.74) is 2.39. The molecule has 0 saturated carbocycles. The van der Waals surface area contributed by atoms with Gasteiger partial charge in [-0.1, -0.05) is 28.1 Å². The van der Waals surface area contributed by atoms with Gasteiger partial charge in [0.2, 0.25) is 5.91 Å². The van der Waals surface area contributed by atoms with E-state index in [1.807, 2.05) is 18.2 Å². The third-order valence-corrected chi connectivity index (χ3v) is 4.50. The van der Waals surface area contributed by atoms with E-state index in [1.54, 1.807) is 6.07 Å². The largest absolute Gasteiger partial charge is 0.420 e. The van der Waals surface area contributed by atoms with Crippen molar-refractivity contribution in [1.82, 2.24) is 9.99 Å². The SMILES string of the molecule is CN1N=C(C(=O)Oc2ccc(CCc3cccc(Br)c3)nc2)CCC1=O. The lowest BCUT2D eigenvalue weighted by Gasteiger charge is -2.18. The van der Waals surface area contributed by atoms with Gasteiger partial charge < -0.3 is 4.74 Å². The fourth-order valence-corrected chi connectivity index (χ4v) is 3.01. The normalized spacial score (nSPS) is 14.2. The molecule has 0 unspecified atom stereocenters. The molecule has 134 valence electrons. The first-order valence-electron chi connectivity index (χ1n) is 8.27. The summed E-state index contributed by atoms with van der Waals surface area (Å²) < 4.78 is 6.35. The molecule has 0 fully saturated rings. The number of aryl methyl sites for hydroxylation is 2. The van der Waals surface area contributed by atoms with Crippen LogP contribution in [-0.4, -0.2) is 34.6 Å². The summed E-state index contributed by atoms with van der Waals surface area (Å²) in [5.74, 6) is -0.297. The minimum Gasteiger partial charge on any atom is -0.420 e. The van der Waals surface area contributed by atoms with Crippen LogP contribution < -0.4 is 4.74 Å². The van der Waals surface area contributed by atoms with E-state index in [2.05, 4.69) is 38.1 Å². The highest BCUT2D eigenvalue weighted by molar-refractivity contribution is 9.10. The van der Waals surface area contributed by atoms with Crippen LogP contribution in [0.15, 0.2) is 52.2 Å². The van der Waals surface area contributed by atoms with Crippen LogP contribution in [-0.2, 0) is 22.4 Å². The highest BCUT2D eigenvalue weighted by Gasteiger charge is 2.23. The number of carbonyl (C=O) groups excluding carboxylic acids is 2. The first-order valence-corrected chi connectivity index (χ1v) is 9.06. The van der Waals surface area contributed by atoms with Gasteiger partial charge in [-0.3, -0.25) is 9.78 Å². The molecule has 1 amide bonds. The molecule has 0 saturated heterocycles. The average molecular weight is 416 g/mol. The number of carbonyl (C=O) groups is 2. The van der Waals surface area contributed by atoms with Crippen LogP contribution in [0.2, 0.25) is 0 Å². The van der Waals surface area contributed by atoms with Crippen molar-refractivity contribution in [2.24, 2.45) is 5.10 Å². The molecule has 7 heteroatoms. The van der Waals surface area contributed by atoms with Crippen molar-refractivity contribution in [3.8, 4) is 5.75 Å². The molecule has 0 spiro atoms. The molecule has 1 aromatic heterocycles. The molecular formula is C19H18BrN3O3. The molecule has 2 heterocycles. The third kappa shape index (κ3) is 4.76. The number of hydrazone groups is 1. The van der Waals surface area contributed by atoms with Gasteiger partial charge >= 0.3 is 5.97 Å². The van der Waals surface area contributed by atoms with Crippen LogP contribution in [0.4, 0.5) is 0 Å². The summed E-state index contributed by atoms with van der Waals surface area (Å²) >= 11 is 3.47. The Hall–Kier alpha value is -2.54. The number of rotatable bonds is 5. The van der Waals surface area contributed by atoms with Gasteiger partial charge in [-0.25, -0.2) is 9.80 Å². The number of benzene rings is 1. The number of esters is 1. The minimum atomic E-state index is -0.548. The van der Waals surface area contributed by atoms with E-state index in [-0.39, 0.29) is 18.0 Å².